The number of unbranched alkanes of at least 4 members (excludes halogenated alkanes) is 1. The lowest BCUT2D eigenvalue weighted by Gasteiger charge is -2.07. The number of nitrogens with one attached hydrogen (secondary N) is 2. The zero-order valence-electron chi connectivity index (χ0n) is 15.4. The first kappa shape index (κ1) is 20.2. The van der Waals surface area contributed by atoms with Gasteiger partial charge in [0.05, 0.1) is 12.7 Å². The molecule has 0 spiro atoms. The first-order chi connectivity index (χ1) is 13.9. The molecule has 152 valence electrons. The van der Waals surface area contributed by atoms with Gasteiger partial charge in [-0.2, -0.15) is 0 Å². The Morgan fingerprint density at radius 1 is 1.21 bits per heavy atom. The molecule has 8 nitrogen and oxygen atoms in total. The van der Waals surface area contributed by atoms with Crippen molar-refractivity contribution in [1.82, 2.24) is 19.7 Å². The largest absolute Gasteiger partial charge is 0.481 e. The SMILES string of the molecule is O=C(O)CCCCNc1nc(-c2cc(=O)n(Cc3ccccc3F)[nH]2)ncc1F. The van der Waals surface area contributed by atoms with E-state index in [-0.39, 0.29) is 30.3 Å². The second-order valence-electron chi connectivity index (χ2n) is 6.35. The molecule has 0 aliphatic heterocycles. The first-order valence-corrected chi connectivity index (χ1v) is 8.96. The molecule has 29 heavy (non-hydrogen) atoms. The molecule has 0 atom stereocenters. The third-order valence-electron chi connectivity index (χ3n) is 4.17. The normalized spacial score (nSPS) is 10.8. The van der Waals surface area contributed by atoms with E-state index in [0.717, 1.165) is 6.20 Å². The summed E-state index contributed by atoms with van der Waals surface area (Å²) in [5.74, 6) is -1.93. The van der Waals surface area contributed by atoms with Crippen molar-refractivity contribution in [1.29, 1.82) is 0 Å². The second kappa shape index (κ2) is 9.09. The van der Waals surface area contributed by atoms with Gasteiger partial charge in [-0.25, -0.2) is 23.4 Å². The Morgan fingerprint density at radius 3 is 2.76 bits per heavy atom. The quantitative estimate of drug-likeness (QED) is 0.474. The highest BCUT2D eigenvalue weighted by molar-refractivity contribution is 5.66. The molecule has 3 aromatic rings. The standard InChI is InChI=1S/C19H19F2N5O3/c20-13-6-2-1-5-12(13)11-26-16(27)9-15(25-26)19-23-10-14(21)18(24-19)22-8-4-3-7-17(28)29/h1-2,5-6,9-10,25H,3-4,7-8,11H2,(H,28,29)(H,22,23,24). The lowest BCUT2D eigenvalue weighted by atomic mass is 10.2. The molecule has 0 aliphatic rings. The van der Waals surface area contributed by atoms with Gasteiger partial charge < -0.3 is 10.4 Å². The van der Waals surface area contributed by atoms with E-state index in [9.17, 15) is 18.4 Å². The van der Waals surface area contributed by atoms with Crippen molar-refractivity contribution in [3.63, 3.8) is 0 Å². The van der Waals surface area contributed by atoms with Gasteiger partial charge in [-0.3, -0.25) is 14.7 Å². The van der Waals surface area contributed by atoms with Crippen molar-refractivity contribution < 1.29 is 18.7 Å². The fraction of sp³-hybridized carbons (Fsp3) is 0.263. The maximum absolute atomic E-state index is 13.9. The van der Waals surface area contributed by atoms with Crippen LogP contribution in [0.2, 0.25) is 0 Å². The van der Waals surface area contributed by atoms with Crippen molar-refractivity contribution in [2.24, 2.45) is 0 Å². The number of nitrogens with zero attached hydrogens (tertiary/aromatic N) is 3. The molecular weight excluding hydrogens is 384 g/mol. The van der Waals surface area contributed by atoms with Crippen LogP contribution in [0.4, 0.5) is 14.6 Å². The lowest BCUT2D eigenvalue weighted by molar-refractivity contribution is -0.137. The molecule has 0 amide bonds. The highest BCUT2D eigenvalue weighted by Gasteiger charge is 2.13. The number of carboxylic acid groups (broad SMARTS) is 1. The van der Waals surface area contributed by atoms with Gasteiger partial charge in [-0.1, -0.05) is 18.2 Å². The van der Waals surface area contributed by atoms with Crippen LogP contribution >= 0.6 is 0 Å². The Kier molecular flexibility index (Phi) is 6.32. The van der Waals surface area contributed by atoms with Gasteiger partial charge in [0, 0.05) is 24.6 Å². The molecule has 0 saturated carbocycles. The number of carboxylic acids is 1. The minimum Gasteiger partial charge on any atom is -0.481 e. The number of hydrogen-bond acceptors (Lipinski definition) is 5. The molecule has 2 heterocycles. The third-order valence-corrected chi connectivity index (χ3v) is 4.17. The summed E-state index contributed by atoms with van der Waals surface area (Å²) >= 11 is 0. The summed E-state index contributed by atoms with van der Waals surface area (Å²) in [7, 11) is 0. The molecule has 3 rings (SSSR count). The van der Waals surface area contributed by atoms with Gasteiger partial charge in [0.15, 0.2) is 17.5 Å². The fourth-order valence-electron chi connectivity index (χ4n) is 2.69. The summed E-state index contributed by atoms with van der Waals surface area (Å²) in [6, 6.07) is 7.37. The van der Waals surface area contributed by atoms with E-state index >= 15 is 0 Å². The maximum atomic E-state index is 13.9. The molecule has 1 aromatic carbocycles. The summed E-state index contributed by atoms with van der Waals surface area (Å²) in [5, 5.41) is 14.2. The first-order valence-electron chi connectivity index (χ1n) is 8.96. The van der Waals surface area contributed by atoms with E-state index in [1.165, 1.54) is 16.8 Å². The zero-order valence-corrected chi connectivity index (χ0v) is 15.4. The van der Waals surface area contributed by atoms with E-state index in [1.54, 1.807) is 18.2 Å². The number of aromatic nitrogens is 4. The molecule has 0 bridgehead atoms. The van der Waals surface area contributed by atoms with Gasteiger partial charge in [-0.05, 0) is 18.9 Å². The Morgan fingerprint density at radius 2 is 2.00 bits per heavy atom. The van der Waals surface area contributed by atoms with Gasteiger partial charge in [-0.15, -0.1) is 0 Å². The highest BCUT2D eigenvalue weighted by Crippen LogP contribution is 2.16. The van der Waals surface area contributed by atoms with Crippen LogP contribution in [-0.2, 0) is 11.3 Å². The van der Waals surface area contributed by atoms with Crippen LogP contribution in [0.1, 0.15) is 24.8 Å². The van der Waals surface area contributed by atoms with Crippen molar-refractivity contribution in [3.05, 3.63) is 64.1 Å². The van der Waals surface area contributed by atoms with Gasteiger partial charge in [0.1, 0.15) is 11.5 Å². The Hall–Kier alpha value is -3.56. The van der Waals surface area contributed by atoms with Crippen LogP contribution in [0.5, 0.6) is 0 Å². The van der Waals surface area contributed by atoms with Crippen molar-refractivity contribution >= 4 is 11.8 Å². The number of rotatable bonds is 9. The van der Waals surface area contributed by atoms with Gasteiger partial charge in [0.2, 0.25) is 0 Å². The van der Waals surface area contributed by atoms with Crippen LogP contribution in [0.15, 0.2) is 41.3 Å². The molecule has 0 unspecified atom stereocenters. The van der Waals surface area contributed by atoms with Crippen LogP contribution in [0.25, 0.3) is 11.5 Å². The van der Waals surface area contributed by atoms with Crippen molar-refractivity contribution in [3.8, 4) is 11.5 Å². The average molecular weight is 403 g/mol. The summed E-state index contributed by atoms with van der Waals surface area (Å²) < 4.78 is 29.0. The number of halogens is 2. The van der Waals surface area contributed by atoms with E-state index in [2.05, 4.69) is 20.4 Å². The third kappa shape index (κ3) is 5.24. The summed E-state index contributed by atoms with van der Waals surface area (Å²) in [5.41, 5.74) is 0.200. The number of hydrogen-bond donors (Lipinski definition) is 3. The lowest BCUT2D eigenvalue weighted by Crippen LogP contribution is -2.17. The Labute approximate surface area is 164 Å². The maximum Gasteiger partial charge on any atom is 0.303 e. The molecule has 2 aromatic heterocycles. The minimum atomic E-state index is -0.885. The highest BCUT2D eigenvalue weighted by atomic mass is 19.1. The second-order valence-corrected chi connectivity index (χ2v) is 6.35. The van der Waals surface area contributed by atoms with Gasteiger partial charge in [0.25, 0.3) is 5.56 Å². The Balaban J connectivity index is 1.73. The Bertz CT molecular complexity index is 1060. The number of anilines is 1. The molecule has 10 heteroatoms. The zero-order chi connectivity index (χ0) is 20.8. The molecule has 3 N–H and O–H groups in total. The number of benzene rings is 1. The summed E-state index contributed by atoms with van der Waals surface area (Å²) in [6.45, 7) is 0.340. The number of H-pyrrole nitrogens is 1. The van der Waals surface area contributed by atoms with E-state index in [4.69, 9.17) is 5.11 Å². The van der Waals surface area contributed by atoms with E-state index < -0.39 is 23.2 Å². The van der Waals surface area contributed by atoms with Crippen LogP contribution in [0, 0.1) is 11.6 Å². The summed E-state index contributed by atoms with van der Waals surface area (Å²) in [4.78, 5) is 30.7. The molecule has 0 fully saturated rings. The average Bonchev–Trinajstić information content (AvgIpc) is 3.05. The van der Waals surface area contributed by atoms with Crippen molar-refractivity contribution in [2.45, 2.75) is 25.8 Å². The molecular formula is C19H19F2N5O3. The molecule has 0 aliphatic carbocycles. The molecule has 0 radical (unpaired) electrons. The number of aliphatic carboxylic acids is 1. The fourth-order valence-corrected chi connectivity index (χ4v) is 2.69. The van der Waals surface area contributed by atoms with Crippen molar-refractivity contribution in [2.75, 3.05) is 11.9 Å². The smallest absolute Gasteiger partial charge is 0.303 e. The van der Waals surface area contributed by atoms with Gasteiger partial charge >= 0.3 is 5.97 Å². The van der Waals surface area contributed by atoms with Crippen LogP contribution in [0.3, 0.4) is 0 Å². The summed E-state index contributed by atoms with van der Waals surface area (Å²) in [6.07, 6.45) is 2.00. The predicted octanol–water partition coefficient (Wildman–Crippen LogP) is 2.63. The van der Waals surface area contributed by atoms with E-state index in [1.807, 2.05) is 0 Å². The predicted molar refractivity (Wildman–Crippen MR) is 102 cm³/mol. The number of carbonyl (C=O) groups is 1. The van der Waals surface area contributed by atoms with E-state index in [0.29, 0.717) is 24.9 Å². The minimum absolute atomic E-state index is 0.00137. The number of aromatic amines is 1. The molecule has 0 saturated heterocycles. The van der Waals surface area contributed by atoms with Crippen LogP contribution in [-0.4, -0.2) is 37.4 Å². The van der Waals surface area contributed by atoms with Crippen LogP contribution < -0.4 is 10.9 Å². The monoisotopic (exact) mass is 403 g/mol. The topological polar surface area (TPSA) is 113 Å².